The fraction of sp³-hybridized carbons (Fsp3) is 0.357. The van der Waals surface area contributed by atoms with Crippen molar-refractivity contribution in [2.24, 2.45) is 0 Å². The molecule has 3 aromatic heterocycles. The smallest absolute Gasteiger partial charge is 0.451 e. The van der Waals surface area contributed by atoms with Crippen LogP contribution < -0.4 is 10.6 Å². The maximum absolute atomic E-state index is 13.6. The Kier molecular flexibility index (Phi) is 11.4. The average molecular weight is 796 g/mol. The van der Waals surface area contributed by atoms with Gasteiger partial charge in [0.25, 0.3) is 0 Å². The molecule has 2 fully saturated rings. The number of piperidine rings is 1. The van der Waals surface area contributed by atoms with E-state index >= 15 is 0 Å². The van der Waals surface area contributed by atoms with E-state index in [2.05, 4.69) is 62.0 Å². The fourth-order valence-electron chi connectivity index (χ4n) is 8.09. The van der Waals surface area contributed by atoms with Crippen LogP contribution in [0.5, 0.6) is 0 Å². The monoisotopic (exact) mass is 795 g/mol. The van der Waals surface area contributed by atoms with Gasteiger partial charge < -0.3 is 30.2 Å². The van der Waals surface area contributed by atoms with Crippen LogP contribution in [0, 0.1) is 0 Å². The summed E-state index contributed by atoms with van der Waals surface area (Å²) in [6.07, 6.45) is -2.54. The van der Waals surface area contributed by atoms with Crippen LogP contribution >= 0.6 is 0 Å². The first kappa shape index (κ1) is 39.0. The Bertz CT molecular complexity index is 2240. The van der Waals surface area contributed by atoms with Gasteiger partial charge in [0.2, 0.25) is 5.95 Å². The number of hydrogen-bond acceptors (Lipinski definition) is 11. The largest absolute Gasteiger partial charge is 0.490 e. The second-order valence-corrected chi connectivity index (χ2v) is 14.9. The molecule has 13 nitrogen and oxygen atoms in total. The molecule has 16 heteroatoms. The predicted molar refractivity (Wildman–Crippen MR) is 210 cm³/mol. The molecule has 4 atom stereocenters. The molecular weight excluding hydrogens is 752 g/mol. The quantitative estimate of drug-likeness (QED) is 0.104. The summed E-state index contributed by atoms with van der Waals surface area (Å²) in [5.41, 5.74) is 4.49. The number of carbonyl (C=O) groups excluding carboxylic acids is 1. The van der Waals surface area contributed by atoms with E-state index in [0.717, 1.165) is 43.6 Å². The number of halogens is 3. The van der Waals surface area contributed by atoms with E-state index < -0.39 is 36.4 Å². The van der Waals surface area contributed by atoms with E-state index in [4.69, 9.17) is 14.7 Å². The molecule has 0 bridgehead atoms. The zero-order valence-corrected chi connectivity index (χ0v) is 31.5. The lowest BCUT2D eigenvalue weighted by Crippen LogP contribution is -2.39. The van der Waals surface area contributed by atoms with E-state index in [1.54, 1.807) is 4.57 Å². The highest BCUT2D eigenvalue weighted by Gasteiger charge is 2.51. The fourth-order valence-corrected chi connectivity index (χ4v) is 8.09. The van der Waals surface area contributed by atoms with Crippen molar-refractivity contribution in [2.45, 2.75) is 74.8 Å². The number of anilines is 2. The van der Waals surface area contributed by atoms with Gasteiger partial charge in [-0.05, 0) is 36.0 Å². The van der Waals surface area contributed by atoms with Crippen LogP contribution in [0.15, 0.2) is 110 Å². The maximum Gasteiger partial charge on any atom is 0.490 e. The van der Waals surface area contributed by atoms with Crippen molar-refractivity contribution in [3.05, 3.63) is 132 Å². The number of likely N-dealkylation sites (tertiary alicyclic amines) is 1. The third kappa shape index (κ3) is 8.54. The van der Waals surface area contributed by atoms with Crippen molar-refractivity contribution in [3.8, 4) is 0 Å². The molecule has 3 aromatic carbocycles. The molecule has 4 heterocycles. The molecule has 0 amide bonds. The standard InChI is InChI=1S/C42H44F3N9O4/c43-42(44,45)40(57)58-37-34(20-33(36(37)56)54-24-28(25-55)21-48-54)53-26-47-35-38(46-22-32(29-12-6-2-7-13-29)30-14-8-3-9-15-30)50-41(51-39(35)53)49-31-16-18-52(19-17-31)23-27-10-4-1-5-11-27/h1-15,21,24,26,31-34,36-37,55-56H,16-20,22-23,25H2,(H2,46,49,50,51)/t33-,34+,36+,37-/m0/s1. The number of aliphatic hydroxyl groups is 2. The third-order valence-corrected chi connectivity index (χ3v) is 11.1. The van der Waals surface area contributed by atoms with Gasteiger partial charge in [-0.2, -0.15) is 28.2 Å². The number of alkyl halides is 3. The summed E-state index contributed by atoms with van der Waals surface area (Å²) in [6.45, 7) is 2.66. The number of aromatic nitrogens is 6. The van der Waals surface area contributed by atoms with Crippen molar-refractivity contribution in [2.75, 3.05) is 30.3 Å². The Balaban J connectivity index is 1.13. The van der Waals surface area contributed by atoms with Crippen LogP contribution in [0.1, 0.15) is 59.5 Å². The summed E-state index contributed by atoms with van der Waals surface area (Å²) in [5, 5.41) is 32.4. The SMILES string of the molecule is O=C(O[C@@H]1[C@H](O)[C@@H](n2cc(CO)cn2)C[C@H]1n1cnc2c(NCC(c3ccccc3)c3ccccc3)nc(NC3CCN(Cc4ccccc4)CC3)nc21)C(F)(F)F. The summed E-state index contributed by atoms with van der Waals surface area (Å²) in [4.78, 5) is 29.2. The Hall–Kier alpha value is -5.84. The highest BCUT2D eigenvalue weighted by molar-refractivity contribution is 5.84. The van der Waals surface area contributed by atoms with Crippen molar-refractivity contribution in [1.82, 2.24) is 34.2 Å². The van der Waals surface area contributed by atoms with Crippen molar-refractivity contribution in [3.63, 3.8) is 0 Å². The minimum Gasteiger partial charge on any atom is -0.451 e. The first-order valence-electron chi connectivity index (χ1n) is 19.4. The van der Waals surface area contributed by atoms with Gasteiger partial charge in [0, 0.05) is 49.9 Å². The number of esters is 1. The predicted octanol–water partition coefficient (Wildman–Crippen LogP) is 5.86. The molecule has 0 radical (unpaired) electrons. The van der Waals surface area contributed by atoms with Gasteiger partial charge >= 0.3 is 12.1 Å². The number of nitrogens with one attached hydrogen (secondary N) is 2. The van der Waals surface area contributed by atoms with Gasteiger partial charge in [0.15, 0.2) is 23.1 Å². The van der Waals surface area contributed by atoms with Crippen LogP contribution in [0.4, 0.5) is 24.9 Å². The van der Waals surface area contributed by atoms with Crippen LogP contribution in [0.3, 0.4) is 0 Å². The van der Waals surface area contributed by atoms with Gasteiger partial charge in [-0.15, -0.1) is 0 Å². The van der Waals surface area contributed by atoms with E-state index in [1.807, 2.05) is 54.6 Å². The number of ether oxygens (including phenoxy) is 1. The number of fused-ring (bicyclic) bond motifs is 1. The van der Waals surface area contributed by atoms with Gasteiger partial charge in [0.1, 0.15) is 6.10 Å². The number of carbonyl (C=O) groups is 1. The zero-order valence-electron chi connectivity index (χ0n) is 31.5. The molecule has 1 aliphatic carbocycles. The molecule has 4 N–H and O–H groups in total. The van der Waals surface area contributed by atoms with Crippen molar-refractivity contribution >= 4 is 28.9 Å². The molecule has 58 heavy (non-hydrogen) atoms. The molecule has 1 saturated carbocycles. The highest BCUT2D eigenvalue weighted by Crippen LogP contribution is 2.43. The summed E-state index contributed by atoms with van der Waals surface area (Å²) in [5.74, 6) is -1.79. The first-order valence-corrected chi connectivity index (χ1v) is 19.4. The molecular formula is C42H44F3N9O4. The second kappa shape index (κ2) is 16.9. The number of nitrogens with zero attached hydrogens (tertiary/aromatic N) is 7. The lowest BCUT2D eigenvalue weighted by molar-refractivity contribution is -0.210. The molecule has 2 aliphatic rings. The van der Waals surface area contributed by atoms with Crippen LogP contribution in [0.2, 0.25) is 0 Å². The highest BCUT2D eigenvalue weighted by atomic mass is 19.4. The average Bonchev–Trinajstić information content (AvgIpc) is 3.97. The lowest BCUT2D eigenvalue weighted by Gasteiger charge is -2.32. The Morgan fingerprint density at radius 2 is 1.55 bits per heavy atom. The van der Waals surface area contributed by atoms with Gasteiger partial charge in [-0.25, -0.2) is 9.78 Å². The van der Waals surface area contributed by atoms with Crippen LogP contribution in [-0.2, 0) is 22.7 Å². The first-order chi connectivity index (χ1) is 28.1. The van der Waals surface area contributed by atoms with Gasteiger partial charge in [-0.1, -0.05) is 91.0 Å². The summed E-state index contributed by atoms with van der Waals surface area (Å²) >= 11 is 0. The summed E-state index contributed by atoms with van der Waals surface area (Å²) in [7, 11) is 0. The van der Waals surface area contributed by atoms with Gasteiger partial charge in [-0.3, -0.25) is 9.58 Å². The molecule has 0 unspecified atom stereocenters. The van der Waals surface area contributed by atoms with Crippen LogP contribution in [-0.4, -0.2) is 94.4 Å². The van der Waals surface area contributed by atoms with E-state index in [-0.39, 0.29) is 30.6 Å². The number of hydrogen-bond donors (Lipinski definition) is 4. The third-order valence-electron chi connectivity index (χ3n) is 11.1. The number of imidazole rings is 1. The Morgan fingerprint density at radius 3 is 2.17 bits per heavy atom. The lowest BCUT2D eigenvalue weighted by atomic mass is 9.91. The zero-order chi connectivity index (χ0) is 40.2. The minimum absolute atomic E-state index is 0.00840. The molecule has 1 saturated heterocycles. The Labute approximate surface area is 332 Å². The molecule has 302 valence electrons. The summed E-state index contributed by atoms with van der Waals surface area (Å²) < 4.78 is 48.8. The normalized spacial score (nSPS) is 20.4. The Morgan fingerprint density at radius 1 is 0.897 bits per heavy atom. The molecule has 1 aliphatic heterocycles. The second-order valence-electron chi connectivity index (χ2n) is 14.9. The molecule has 6 aromatic rings. The van der Waals surface area contributed by atoms with Crippen molar-refractivity contribution < 1.29 is 32.9 Å². The van der Waals surface area contributed by atoms with Crippen LogP contribution in [0.25, 0.3) is 11.2 Å². The van der Waals surface area contributed by atoms with E-state index in [1.165, 1.54) is 29.0 Å². The number of aliphatic hydroxyl groups excluding tert-OH is 2. The summed E-state index contributed by atoms with van der Waals surface area (Å²) in [6, 6.07) is 28.6. The topological polar surface area (TPSA) is 155 Å². The van der Waals surface area contributed by atoms with Gasteiger partial charge in [0.05, 0.1) is 31.2 Å². The molecule has 8 rings (SSSR count). The number of rotatable bonds is 13. The van der Waals surface area contributed by atoms with E-state index in [0.29, 0.717) is 29.4 Å². The minimum atomic E-state index is -5.30. The van der Waals surface area contributed by atoms with Crippen molar-refractivity contribution in [1.29, 1.82) is 0 Å². The molecule has 0 spiro atoms. The maximum atomic E-state index is 13.6. The number of benzene rings is 3. The van der Waals surface area contributed by atoms with E-state index in [9.17, 15) is 28.2 Å².